The summed E-state index contributed by atoms with van der Waals surface area (Å²) in [6, 6.07) is 6.84. The van der Waals surface area contributed by atoms with Crippen molar-refractivity contribution in [3.05, 3.63) is 69.0 Å². The second-order valence-electron chi connectivity index (χ2n) is 4.29. The Morgan fingerprint density at radius 1 is 0.857 bits per heavy atom. The predicted molar refractivity (Wildman–Crippen MR) is 75.7 cm³/mol. The van der Waals surface area contributed by atoms with E-state index in [-0.39, 0.29) is 6.42 Å². The fourth-order valence-electron chi connectivity index (χ4n) is 1.87. The number of hydrogen-bond acceptors (Lipinski definition) is 0. The van der Waals surface area contributed by atoms with Crippen LogP contribution in [0.25, 0.3) is 0 Å². The Bertz CT molecular complexity index is 658. The maximum atomic E-state index is 13.7. The first-order valence-corrected chi connectivity index (χ1v) is 7.43. The number of halogens is 7. The molecule has 0 aliphatic heterocycles. The van der Waals surface area contributed by atoms with Crippen LogP contribution in [0.3, 0.4) is 0 Å². The second-order valence-corrected chi connectivity index (χ2v) is 6.31. The van der Waals surface area contributed by atoms with E-state index in [4.69, 9.17) is 0 Å². The fourth-order valence-corrected chi connectivity index (χ4v) is 3.09. The van der Waals surface area contributed by atoms with E-state index in [1.165, 1.54) is 0 Å². The van der Waals surface area contributed by atoms with Crippen LogP contribution in [0.4, 0.5) is 22.0 Å². The van der Waals surface area contributed by atoms with Gasteiger partial charge in [0, 0.05) is 14.9 Å². The van der Waals surface area contributed by atoms with E-state index in [1.54, 1.807) is 24.3 Å². The highest BCUT2D eigenvalue weighted by molar-refractivity contribution is 9.10. The lowest BCUT2D eigenvalue weighted by Gasteiger charge is -2.14. The van der Waals surface area contributed by atoms with Crippen LogP contribution in [-0.2, 0) is 6.42 Å². The molecule has 0 spiro atoms. The van der Waals surface area contributed by atoms with E-state index < -0.39 is 39.5 Å². The van der Waals surface area contributed by atoms with Crippen molar-refractivity contribution in [1.29, 1.82) is 0 Å². The number of benzene rings is 2. The Morgan fingerprint density at radius 3 is 1.90 bits per heavy atom. The topological polar surface area (TPSA) is 0 Å². The van der Waals surface area contributed by atoms with Gasteiger partial charge in [-0.2, -0.15) is 0 Å². The average molecular weight is 430 g/mol. The normalized spacial score (nSPS) is 12.5. The van der Waals surface area contributed by atoms with E-state index in [9.17, 15) is 22.0 Å². The average Bonchev–Trinajstić information content (AvgIpc) is 2.43. The Morgan fingerprint density at radius 2 is 1.38 bits per heavy atom. The molecule has 112 valence electrons. The maximum absolute atomic E-state index is 13.7. The van der Waals surface area contributed by atoms with Crippen LogP contribution < -0.4 is 0 Å². The van der Waals surface area contributed by atoms with E-state index in [0.717, 1.165) is 4.47 Å². The zero-order valence-corrected chi connectivity index (χ0v) is 13.4. The Hall–Kier alpha value is -0.950. The third kappa shape index (κ3) is 3.29. The van der Waals surface area contributed by atoms with Gasteiger partial charge in [0.05, 0.1) is 0 Å². The van der Waals surface area contributed by atoms with Crippen molar-refractivity contribution in [3.63, 3.8) is 0 Å². The van der Waals surface area contributed by atoms with Gasteiger partial charge in [-0.15, -0.1) is 0 Å². The van der Waals surface area contributed by atoms with Crippen LogP contribution in [0.15, 0.2) is 28.7 Å². The lowest BCUT2D eigenvalue weighted by Crippen LogP contribution is -2.10. The van der Waals surface area contributed by atoms with Crippen molar-refractivity contribution >= 4 is 31.9 Å². The minimum atomic E-state index is -2.16. The summed E-state index contributed by atoms with van der Waals surface area (Å²) < 4.78 is 67.4. The van der Waals surface area contributed by atoms with E-state index in [0.29, 0.717) is 5.56 Å². The van der Waals surface area contributed by atoms with Crippen LogP contribution in [0, 0.1) is 29.1 Å². The summed E-state index contributed by atoms with van der Waals surface area (Å²) in [5.74, 6) is -9.67. The molecule has 0 saturated heterocycles. The van der Waals surface area contributed by atoms with E-state index >= 15 is 0 Å². The summed E-state index contributed by atoms with van der Waals surface area (Å²) in [4.78, 5) is -1.05. The van der Waals surface area contributed by atoms with Gasteiger partial charge in [0.15, 0.2) is 23.3 Å². The van der Waals surface area contributed by atoms with Gasteiger partial charge in [-0.3, -0.25) is 0 Å². The molecular weight excluding hydrogens is 423 g/mol. The molecule has 0 aliphatic carbocycles. The minimum Gasteiger partial charge on any atom is -0.203 e. The van der Waals surface area contributed by atoms with Gasteiger partial charge in [0.25, 0.3) is 0 Å². The molecule has 7 heteroatoms. The van der Waals surface area contributed by atoms with Crippen molar-refractivity contribution in [2.75, 3.05) is 0 Å². The third-order valence-corrected chi connectivity index (χ3v) is 4.14. The summed E-state index contributed by atoms with van der Waals surface area (Å²) in [6.45, 7) is 0. The molecule has 2 aromatic carbocycles. The van der Waals surface area contributed by atoms with Crippen molar-refractivity contribution in [2.45, 2.75) is 11.2 Å². The monoisotopic (exact) mass is 428 g/mol. The molecule has 0 saturated carbocycles. The van der Waals surface area contributed by atoms with Crippen molar-refractivity contribution in [3.8, 4) is 0 Å². The highest BCUT2D eigenvalue weighted by Crippen LogP contribution is 2.34. The Balaban J connectivity index is 2.42. The predicted octanol–water partition coefficient (Wildman–Crippen LogP) is 5.82. The quantitative estimate of drug-likeness (QED) is 0.249. The second kappa shape index (κ2) is 6.44. The first-order chi connectivity index (χ1) is 9.82. The van der Waals surface area contributed by atoms with E-state index in [1.807, 2.05) is 0 Å². The molecule has 0 heterocycles. The summed E-state index contributed by atoms with van der Waals surface area (Å²) in [7, 11) is 0. The van der Waals surface area contributed by atoms with Crippen molar-refractivity contribution < 1.29 is 22.0 Å². The van der Waals surface area contributed by atoms with Gasteiger partial charge in [-0.1, -0.05) is 44.0 Å². The molecule has 0 fully saturated rings. The minimum absolute atomic E-state index is 0.0673. The SMILES string of the molecule is Fc1c(F)c(F)c(C(Br)Cc2cccc(Br)c2)c(F)c1F. The Kier molecular flexibility index (Phi) is 5.03. The van der Waals surface area contributed by atoms with Gasteiger partial charge >= 0.3 is 0 Å². The zero-order chi connectivity index (χ0) is 15.7. The summed E-state index contributed by atoms with van der Waals surface area (Å²) in [5, 5.41) is 0. The highest BCUT2D eigenvalue weighted by Gasteiger charge is 2.29. The summed E-state index contributed by atoms with van der Waals surface area (Å²) in [5.41, 5.74) is -0.193. The molecule has 2 aromatic rings. The van der Waals surface area contributed by atoms with Gasteiger partial charge < -0.3 is 0 Å². The van der Waals surface area contributed by atoms with Gasteiger partial charge in [0.1, 0.15) is 0 Å². The molecule has 1 unspecified atom stereocenters. The fraction of sp³-hybridized carbons (Fsp3) is 0.143. The molecule has 0 aromatic heterocycles. The Labute approximate surface area is 134 Å². The summed E-state index contributed by atoms with van der Waals surface area (Å²) >= 11 is 6.23. The maximum Gasteiger partial charge on any atom is 0.200 e. The molecule has 0 N–H and O–H groups in total. The third-order valence-electron chi connectivity index (χ3n) is 2.86. The van der Waals surface area contributed by atoms with Crippen LogP contribution in [0.2, 0.25) is 0 Å². The molecule has 2 rings (SSSR count). The van der Waals surface area contributed by atoms with Gasteiger partial charge in [0.2, 0.25) is 5.82 Å². The molecule has 0 aliphatic rings. The largest absolute Gasteiger partial charge is 0.203 e. The molecular formula is C14H7Br2F5. The standard InChI is InChI=1S/C14H7Br2F5/c15-7-3-1-2-6(4-7)5-8(16)9-10(17)12(19)14(21)13(20)11(9)18/h1-4,8H,5H2. The smallest absolute Gasteiger partial charge is 0.200 e. The lowest BCUT2D eigenvalue weighted by molar-refractivity contribution is 0.369. The van der Waals surface area contributed by atoms with Crippen LogP contribution in [0.5, 0.6) is 0 Å². The molecule has 0 amide bonds. The number of rotatable bonds is 3. The van der Waals surface area contributed by atoms with Crippen LogP contribution in [-0.4, -0.2) is 0 Å². The molecule has 0 nitrogen and oxygen atoms in total. The first-order valence-electron chi connectivity index (χ1n) is 5.72. The zero-order valence-electron chi connectivity index (χ0n) is 10.2. The van der Waals surface area contributed by atoms with Gasteiger partial charge in [-0.25, -0.2) is 22.0 Å². The number of hydrogen-bond donors (Lipinski definition) is 0. The highest BCUT2D eigenvalue weighted by atomic mass is 79.9. The molecule has 1 atom stereocenters. The molecule has 0 radical (unpaired) electrons. The van der Waals surface area contributed by atoms with Crippen LogP contribution in [0.1, 0.15) is 16.0 Å². The van der Waals surface area contributed by atoms with Crippen molar-refractivity contribution in [1.82, 2.24) is 0 Å². The summed E-state index contributed by atoms with van der Waals surface area (Å²) in [6.07, 6.45) is 0.0673. The number of alkyl halides is 1. The van der Waals surface area contributed by atoms with Gasteiger partial charge in [-0.05, 0) is 24.1 Å². The van der Waals surface area contributed by atoms with E-state index in [2.05, 4.69) is 31.9 Å². The lowest BCUT2D eigenvalue weighted by atomic mass is 10.0. The molecule has 21 heavy (non-hydrogen) atoms. The van der Waals surface area contributed by atoms with Crippen molar-refractivity contribution in [2.24, 2.45) is 0 Å². The van der Waals surface area contributed by atoms with Crippen LogP contribution >= 0.6 is 31.9 Å². The molecule has 0 bridgehead atoms. The first kappa shape index (κ1) is 16.4.